The van der Waals surface area contributed by atoms with Gasteiger partial charge in [0.15, 0.2) is 0 Å². The fraction of sp³-hybridized carbons (Fsp3) is 0.471. The van der Waals surface area contributed by atoms with Crippen LogP contribution in [0.4, 0.5) is 4.79 Å². The molecule has 0 bridgehead atoms. The summed E-state index contributed by atoms with van der Waals surface area (Å²) < 4.78 is 0. The maximum absolute atomic E-state index is 12.4. The van der Waals surface area contributed by atoms with E-state index in [9.17, 15) is 14.4 Å². The number of carbonyl (C=O) groups is 3. The van der Waals surface area contributed by atoms with Gasteiger partial charge in [0.25, 0.3) is 11.1 Å². The summed E-state index contributed by atoms with van der Waals surface area (Å²) in [5, 5.41) is 2.84. The standard InChI is InChI=1S/C17H20N2O3S/c1-11-6-8-12(9-7-11)16(21)18-13-4-2-3-5-14(13)19-15(20)10-23-17(19)22/h6-9,13-14H,2-5,10H2,1H3,(H,18,21)/t13-,14-/m0/s1. The van der Waals surface area contributed by atoms with Gasteiger partial charge >= 0.3 is 0 Å². The number of benzene rings is 1. The van der Waals surface area contributed by atoms with Crippen molar-refractivity contribution in [3.63, 3.8) is 0 Å². The summed E-state index contributed by atoms with van der Waals surface area (Å²) >= 11 is 1.05. The van der Waals surface area contributed by atoms with Crippen LogP contribution in [-0.4, -0.2) is 39.8 Å². The molecular formula is C17H20N2O3S. The van der Waals surface area contributed by atoms with Crippen LogP contribution in [0.5, 0.6) is 0 Å². The zero-order valence-corrected chi connectivity index (χ0v) is 13.9. The first-order valence-corrected chi connectivity index (χ1v) is 8.91. The summed E-state index contributed by atoms with van der Waals surface area (Å²) in [5.41, 5.74) is 1.70. The van der Waals surface area contributed by atoms with Crippen LogP contribution in [-0.2, 0) is 4.79 Å². The molecule has 0 unspecified atom stereocenters. The molecule has 122 valence electrons. The number of hydrogen-bond acceptors (Lipinski definition) is 4. The van der Waals surface area contributed by atoms with Crippen molar-refractivity contribution in [3.05, 3.63) is 35.4 Å². The minimum absolute atomic E-state index is 0.138. The molecule has 2 aliphatic rings. The van der Waals surface area contributed by atoms with Gasteiger partial charge in [-0.25, -0.2) is 0 Å². The Hall–Kier alpha value is -1.82. The highest BCUT2D eigenvalue weighted by Gasteiger charge is 2.41. The van der Waals surface area contributed by atoms with E-state index in [1.54, 1.807) is 12.1 Å². The third-order valence-electron chi connectivity index (χ3n) is 4.48. The second-order valence-corrected chi connectivity index (χ2v) is 7.04. The number of nitrogens with one attached hydrogen (secondary N) is 1. The van der Waals surface area contributed by atoms with Crippen LogP contribution >= 0.6 is 11.8 Å². The third-order valence-corrected chi connectivity index (χ3v) is 5.31. The minimum Gasteiger partial charge on any atom is -0.347 e. The van der Waals surface area contributed by atoms with E-state index in [1.165, 1.54) is 4.90 Å². The summed E-state index contributed by atoms with van der Waals surface area (Å²) in [6.45, 7) is 1.97. The van der Waals surface area contributed by atoms with Gasteiger partial charge in [0.2, 0.25) is 5.91 Å². The number of amides is 3. The minimum atomic E-state index is -0.215. The van der Waals surface area contributed by atoms with Gasteiger partial charge in [0.05, 0.1) is 17.8 Å². The first kappa shape index (κ1) is 16.1. The topological polar surface area (TPSA) is 66.5 Å². The van der Waals surface area contributed by atoms with Crippen molar-refractivity contribution >= 4 is 28.8 Å². The monoisotopic (exact) mass is 332 g/mol. The van der Waals surface area contributed by atoms with E-state index in [4.69, 9.17) is 0 Å². The van der Waals surface area contributed by atoms with Crippen molar-refractivity contribution in [1.82, 2.24) is 10.2 Å². The molecule has 0 aromatic heterocycles. The number of imide groups is 1. The molecule has 1 aromatic rings. The Morgan fingerprint density at radius 1 is 1.17 bits per heavy atom. The average molecular weight is 332 g/mol. The Labute approximate surface area is 139 Å². The van der Waals surface area contributed by atoms with Gasteiger partial charge in [-0.05, 0) is 31.9 Å². The van der Waals surface area contributed by atoms with Crippen LogP contribution in [0.2, 0.25) is 0 Å². The smallest absolute Gasteiger partial charge is 0.289 e. The van der Waals surface area contributed by atoms with E-state index in [2.05, 4.69) is 5.32 Å². The van der Waals surface area contributed by atoms with Crippen molar-refractivity contribution < 1.29 is 14.4 Å². The van der Waals surface area contributed by atoms with Gasteiger partial charge in [-0.2, -0.15) is 0 Å². The van der Waals surface area contributed by atoms with E-state index in [-0.39, 0.29) is 34.9 Å². The first-order valence-electron chi connectivity index (χ1n) is 7.92. The van der Waals surface area contributed by atoms with Gasteiger partial charge in [-0.3, -0.25) is 19.3 Å². The number of aryl methyl sites for hydroxylation is 1. The Kier molecular flexibility index (Phi) is 4.71. The lowest BCUT2D eigenvalue weighted by molar-refractivity contribution is -0.127. The fourth-order valence-electron chi connectivity index (χ4n) is 3.23. The molecule has 1 aliphatic carbocycles. The number of nitrogens with zero attached hydrogens (tertiary/aromatic N) is 1. The van der Waals surface area contributed by atoms with Crippen molar-refractivity contribution in [1.29, 1.82) is 0 Å². The first-order chi connectivity index (χ1) is 11.1. The highest BCUT2D eigenvalue weighted by Crippen LogP contribution is 2.30. The number of rotatable bonds is 3. The molecule has 1 saturated heterocycles. The summed E-state index contributed by atoms with van der Waals surface area (Å²) in [5.74, 6) is -0.0661. The molecule has 3 amide bonds. The number of thioether (sulfide) groups is 1. The molecule has 1 N–H and O–H groups in total. The van der Waals surface area contributed by atoms with E-state index in [1.807, 2.05) is 19.1 Å². The molecule has 0 spiro atoms. The highest BCUT2D eigenvalue weighted by molar-refractivity contribution is 8.14. The molecule has 1 heterocycles. The van der Waals surface area contributed by atoms with Gasteiger partial charge in [0, 0.05) is 5.56 Å². The number of carbonyl (C=O) groups excluding carboxylic acids is 3. The van der Waals surface area contributed by atoms with Crippen LogP contribution in [0, 0.1) is 6.92 Å². The SMILES string of the molecule is Cc1ccc(C(=O)N[C@H]2CCCC[C@@H]2N2C(=O)CSC2=O)cc1. The molecule has 23 heavy (non-hydrogen) atoms. The molecule has 1 aliphatic heterocycles. The van der Waals surface area contributed by atoms with Crippen LogP contribution in [0.1, 0.15) is 41.6 Å². The van der Waals surface area contributed by atoms with Crippen molar-refractivity contribution in [3.8, 4) is 0 Å². The molecule has 1 aromatic carbocycles. The van der Waals surface area contributed by atoms with Gasteiger partial charge in [0.1, 0.15) is 0 Å². The van der Waals surface area contributed by atoms with Gasteiger partial charge in [-0.15, -0.1) is 0 Å². The molecule has 3 rings (SSSR count). The normalized spacial score (nSPS) is 24.8. The molecular weight excluding hydrogens is 312 g/mol. The van der Waals surface area contributed by atoms with Crippen molar-refractivity contribution in [2.24, 2.45) is 0 Å². The van der Waals surface area contributed by atoms with Crippen LogP contribution in [0.25, 0.3) is 0 Å². The van der Waals surface area contributed by atoms with Crippen molar-refractivity contribution in [2.45, 2.75) is 44.7 Å². The van der Waals surface area contributed by atoms with E-state index in [0.717, 1.165) is 43.0 Å². The van der Waals surface area contributed by atoms with Crippen LogP contribution in [0.3, 0.4) is 0 Å². The maximum atomic E-state index is 12.4. The molecule has 2 atom stereocenters. The van der Waals surface area contributed by atoms with E-state index in [0.29, 0.717) is 5.56 Å². The summed E-state index contributed by atoms with van der Waals surface area (Å²) in [4.78, 5) is 37.8. The molecule has 6 heteroatoms. The highest BCUT2D eigenvalue weighted by atomic mass is 32.2. The summed E-state index contributed by atoms with van der Waals surface area (Å²) in [7, 11) is 0. The molecule has 5 nitrogen and oxygen atoms in total. The molecule has 1 saturated carbocycles. The molecule has 2 fully saturated rings. The van der Waals surface area contributed by atoms with E-state index < -0.39 is 0 Å². The average Bonchev–Trinajstić information content (AvgIpc) is 2.87. The largest absolute Gasteiger partial charge is 0.347 e. The maximum Gasteiger partial charge on any atom is 0.289 e. The predicted molar refractivity (Wildman–Crippen MR) is 89.4 cm³/mol. The van der Waals surface area contributed by atoms with Crippen LogP contribution in [0.15, 0.2) is 24.3 Å². The van der Waals surface area contributed by atoms with Crippen molar-refractivity contribution in [2.75, 3.05) is 5.75 Å². The van der Waals surface area contributed by atoms with Crippen LogP contribution < -0.4 is 5.32 Å². The Bertz CT molecular complexity index is 613. The van der Waals surface area contributed by atoms with Gasteiger partial charge < -0.3 is 5.32 Å². The second kappa shape index (κ2) is 6.74. The third kappa shape index (κ3) is 3.42. The van der Waals surface area contributed by atoms with E-state index >= 15 is 0 Å². The fourth-order valence-corrected chi connectivity index (χ4v) is 3.99. The Balaban J connectivity index is 1.74. The summed E-state index contributed by atoms with van der Waals surface area (Å²) in [6, 6.07) is 7.02. The summed E-state index contributed by atoms with van der Waals surface area (Å²) in [6.07, 6.45) is 3.53. The Morgan fingerprint density at radius 2 is 1.87 bits per heavy atom. The second-order valence-electron chi connectivity index (χ2n) is 6.12. The zero-order valence-electron chi connectivity index (χ0n) is 13.1. The predicted octanol–water partition coefficient (Wildman–Crippen LogP) is 2.73. The lowest BCUT2D eigenvalue weighted by Crippen LogP contribution is -2.54. The quantitative estimate of drug-likeness (QED) is 0.924. The lowest BCUT2D eigenvalue weighted by Gasteiger charge is -2.36. The lowest BCUT2D eigenvalue weighted by atomic mass is 9.89. The number of hydrogen-bond donors (Lipinski definition) is 1. The molecule has 0 radical (unpaired) electrons. The Morgan fingerprint density at radius 3 is 2.52 bits per heavy atom. The van der Waals surface area contributed by atoms with Gasteiger partial charge in [-0.1, -0.05) is 42.3 Å². The zero-order chi connectivity index (χ0) is 16.4.